The van der Waals surface area contributed by atoms with Gasteiger partial charge in [-0.25, -0.2) is 0 Å². The molecule has 1 heterocycles. The molecule has 1 amide bonds. The molecule has 0 saturated heterocycles. The van der Waals surface area contributed by atoms with Crippen molar-refractivity contribution in [1.82, 2.24) is 5.32 Å². The van der Waals surface area contributed by atoms with Crippen LogP contribution in [0.15, 0.2) is 30.6 Å². The molecule has 5 heteroatoms. The lowest BCUT2D eigenvalue weighted by Crippen LogP contribution is -2.50. The Morgan fingerprint density at radius 2 is 1.33 bits per heavy atom. The molecule has 0 aliphatic carbocycles. The van der Waals surface area contributed by atoms with Crippen molar-refractivity contribution in [2.45, 2.75) is 116 Å². The van der Waals surface area contributed by atoms with E-state index in [0.29, 0.717) is 6.42 Å². The van der Waals surface area contributed by atoms with Gasteiger partial charge >= 0.3 is 0 Å². The van der Waals surface area contributed by atoms with E-state index < -0.39 is 12.1 Å². The molecule has 0 aromatic carbocycles. The van der Waals surface area contributed by atoms with Crippen molar-refractivity contribution in [2.75, 3.05) is 6.61 Å². The standard InChI is InChI=1S/C25H44N2O3/c1-2-3-4-5-6-7-8-9-10-11-12-13-15-18-24(29)23(22-28)26-25(30)21-27-19-16-14-17-20-27/h14,16-17,19-20,23-24,28-29H,2-13,15,18,21-22H2,1H3/p+1/t23-,24-/m1/s1. The summed E-state index contributed by atoms with van der Waals surface area (Å²) in [4.78, 5) is 12.1. The van der Waals surface area contributed by atoms with Crippen LogP contribution in [0.1, 0.15) is 96.8 Å². The fourth-order valence-electron chi connectivity index (χ4n) is 3.79. The summed E-state index contributed by atoms with van der Waals surface area (Å²) in [5, 5.41) is 22.6. The number of amides is 1. The van der Waals surface area contributed by atoms with E-state index in [1.165, 1.54) is 70.6 Å². The number of unbranched alkanes of at least 4 members (excludes halogenated alkanes) is 12. The first-order chi connectivity index (χ1) is 14.7. The zero-order valence-electron chi connectivity index (χ0n) is 19.1. The summed E-state index contributed by atoms with van der Waals surface area (Å²) < 4.78 is 1.77. The maximum atomic E-state index is 12.1. The van der Waals surface area contributed by atoms with Gasteiger partial charge in [0.1, 0.15) is 0 Å². The summed E-state index contributed by atoms with van der Waals surface area (Å²) in [6, 6.07) is 5.02. The van der Waals surface area contributed by atoms with E-state index in [9.17, 15) is 15.0 Å². The Kier molecular flexibility index (Phi) is 16.2. The Labute approximate surface area is 183 Å². The number of aliphatic hydroxyl groups is 2. The van der Waals surface area contributed by atoms with Gasteiger partial charge in [0.25, 0.3) is 5.91 Å². The normalized spacial score (nSPS) is 13.2. The molecule has 2 atom stereocenters. The number of pyridine rings is 1. The molecule has 0 spiro atoms. The molecule has 0 aliphatic heterocycles. The van der Waals surface area contributed by atoms with Crippen LogP contribution in [0, 0.1) is 0 Å². The zero-order chi connectivity index (χ0) is 21.9. The van der Waals surface area contributed by atoms with Crippen molar-refractivity contribution in [3.8, 4) is 0 Å². The minimum absolute atomic E-state index is 0.183. The van der Waals surface area contributed by atoms with Gasteiger partial charge in [-0.05, 0) is 6.42 Å². The summed E-state index contributed by atoms with van der Waals surface area (Å²) in [5.41, 5.74) is 0. The predicted octanol–water partition coefficient (Wildman–Crippen LogP) is 4.29. The lowest BCUT2D eigenvalue weighted by atomic mass is 10.0. The molecule has 5 nitrogen and oxygen atoms in total. The number of aromatic nitrogens is 1. The second kappa shape index (κ2) is 18.3. The van der Waals surface area contributed by atoms with Crippen LogP contribution in [0.3, 0.4) is 0 Å². The average molecular weight is 422 g/mol. The SMILES string of the molecule is CCCCCCCCCCCCCCC[C@@H](O)[C@@H](CO)NC(=O)C[n+]1ccccc1. The van der Waals surface area contributed by atoms with E-state index in [1.54, 1.807) is 4.57 Å². The van der Waals surface area contributed by atoms with Gasteiger partial charge in [-0.2, -0.15) is 4.57 Å². The molecule has 0 radical (unpaired) electrons. The smallest absolute Gasteiger partial charge is 0.286 e. The highest BCUT2D eigenvalue weighted by molar-refractivity contribution is 5.74. The fraction of sp³-hybridized carbons (Fsp3) is 0.760. The van der Waals surface area contributed by atoms with Crippen molar-refractivity contribution >= 4 is 5.91 Å². The quantitative estimate of drug-likeness (QED) is 0.230. The van der Waals surface area contributed by atoms with Gasteiger partial charge in [0.15, 0.2) is 12.4 Å². The summed E-state index contributed by atoms with van der Waals surface area (Å²) in [5.74, 6) is -0.199. The van der Waals surface area contributed by atoms with Gasteiger partial charge in [0.2, 0.25) is 6.54 Å². The van der Waals surface area contributed by atoms with Crippen molar-refractivity contribution < 1.29 is 19.6 Å². The number of carbonyl (C=O) groups excluding carboxylic acids is 1. The Hall–Kier alpha value is -1.46. The molecule has 0 unspecified atom stereocenters. The first kappa shape index (κ1) is 26.6. The summed E-state index contributed by atoms with van der Waals surface area (Å²) in [7, 11) is 0. The van der Waals surface area contributed by atoms with E-state index in [2.05, 4.69) is 12.2 Å². The third kappa shape index (κ3) is 13.7. The molecule has 1 aromatic rings. The van der Waals surface area contributed by atoms with Crippen molar-refractivity contribution in [2.24, 2.45) is 0 Å². The van der Waals surface area contributed by atoms with E-state index in [0.717, 1.165) is 12.8 Å². The molecule has 0 aliphatic rings. The molecule has 0 saturated carbocycles. The number of nitrogens with zero attached hydrogens (tertiary/aromatic N) is 1. The second-order valence-corrected chi connectivity index (χ2v) is 8.50. The molecule has 1 rings (SSSR count). The minimum Gasteiger partial charge on any atom is -0.394 e. The predicted molar refractivity (Wildman–Crippen MR) is 122 cm³/mol. The number of aliphatic hydroxyl groups excluding tert-OH is 2. The van der Waals surface area contributed by atoms with Crippen LogP contribution < -0.4 is 9.88 Å². The van der Waals surface area contributed by atoms with Gasteiger partial charge in [-0.3, -0.25) is 4.79 Å². The van der Waals surface area contributed by atoms with E-state index in [4.69, 9.17) is 0 Å². The number of hydrogen-bond acceptors (Lipinski definition) is 3. The van der Waals surface area contributed by atoms with Gasteiger partial charge in [0.05, 0.1) is 18.8 Å². The maximum absolute atomic E-state index is 12.1. The van der Waals surface area contributed by atoms with Crippen molar-refractivity contribution in [3.05, 3.63) is 30.6 Å². The lowest BCUT2D eigenvalue weighted by Gasteiger charge is -2.21. The molecule has 0 bridgehead atoms. The molecule has 0 fully saturated rings. The Morgan fingerprint density at radius 1 is 0.833 bits per heavy atom. The van der Waals surface area contributed by atoms with Crippen molar-refractivity contribution in [3.63, 3.8) is 0 Å². The highest BCUT2D eigenvalue weighted by Crippen LogP contribution is 2.14. The molecule has 172 valence electrons. The van der Waals surface area contributed by atoms with Crippen molar-refractivity contribution in [1.29, 1.82) is 0 Å². The van der Waals surface area contributed by atoms with Gasteiger partial charge in [-0.1, -0.05) is 96.5 Å². The van der Waals surface area contributed by atoms with Crippen LogP contribution in [0.4, 0.5) is 0 Å². The van der Waals surface area contributed by atoms with Crippen LogP contribution in [0.5, 0.6) is 0 Å². The third-order valence-electron chi connectivity index (χ3n) is 5.71. The number of nitrogens with one attached hydrogen (secondary N) is 1. The highest BCUT2D eigenvalue weighted by Gasteiger charge is 2.21. The first-order valence-electron chi connectivity index (χ1n) is 12.2. The summed E-state index contributed by atoms with van der Waals surface area (Å²) in [6.07, 6.45) is 20.3. The monoisotopic (exact) mass is 421 g/mol. The van der Waals surface area contributed by atoms with E-state index in [-0.39, 0.29) is 19.1 Å². The van der Waals surface area contributed by atoms with Crippen LogP contribution in [0.2, 0.25) is 0 Å². The topological polar surface area (TPSA) is 73.4 Å². The lowest BCUT2D eigenvalue weighted by molar-refractivity contribution is -0.684. The van der Waals surface area contributed by atoms with Crippen LogP contribution >= 0.6 is 0 Å². The highest BCUT2D eigenvalue weighted by atomic mass is 16.3. The zero-order valence-corrected chi connectivity index (χ0v) is 19.1. The molecule has 1 aromatic heterocycles. The van der Waals surface area contributed by atoms with E-state index in [1.807, 2.05) is 30.6 Å². The molecule has 30 heavy (non-hydrogen) atoms. The minimum atomic E-state index is -0.701. The Bertz CT molecular complexity index is 524. The molecular weight excluding hydrogens is 376 g/mol. The number of rotatable bonds is 19. The number of hydrogen-bond donors (Lipinski definition) is 3. The second-order valence-electron chi connectivity index (χ2n) is 8.50. The van der Waals surface area contributed by atoms with Gasteiger partial charge < -0.3 is 15.5 Å². The van der Waals surface area contributed by atoms with Gasteiger partial charge in [-0.15, -0.1) is 0 Å². The van der Waals surface area contributed by atoms with Crippen LogP contribution in [-0.4, -0.2) is 34.9 Å². The molecular formula is C25H45N2O3+. The Morgan fingerprint density at radius 3 is 1.83 bits per heavy atom. The van der Waals surface area contributed by atoms with E-state index >= 15 is 0 Å². The summed E-state index contributed by atoms with van der Waals surface area (Å²) >= 11 is 0. The molecule has 3 N–H and O–H groups in total. The third-order valence-corrected chi connectivity index (χ3v) is 5.71. The first-order valence-corrected chi connectivity index (χ1v) is 12.2. The average Bonchev–Trinajstić information content (AvgIpc) is 2.75. The largest absolute Gasteiger partial charge is 0.394 e. The van der Waals surface area contributed by atoms with Crippen LogP contribution in [-0.2, 0) is 11.3 Å². The fourth-order valence-corrected chi connectivity index (χ4v) is 3.79. The number of carbonyl (C=O) groups is 1. The summed E-state index contributed by atoms with van der Waals surface area (Å²) in [6.45, 7) is 2.20. The van der Waals surface area contributed by atoms with Crippen LogP contribution in [0.25, 0.3) is 0 Å². The Balaban J connectivity index is 2.01. The maximum Gasteiger partial charge on any atom is 0.286 e. The van der Waals surface area contributed by atoms with Gasteiger partial charge in [0, 0.05) is 12.1 Å².